The van der Waals surface area contributed by atoms with Gasteiger partial charge in [-0.05, 0) is 42.8 Å². The molecule has 0 radical (unpaired) electrons. The number of hydrogen-bond donors (Lipinski definition) is 1. The summed E-state index contributed by atoms with van der Waals surface area (Å²) in [4.78, 5) is 17.4. The van der Waals surface area contributed by atoms with Crippen molar-refractivity contribution in [1.29, 1.82) is 0 Å². The van der Waals surface area contributed by atoms with Gasteiger partial charge in [-0.15, -0.1) is 16.4 Å². The first-order valence-corrected chi connectivity index (χ1v) is 8.89. The number of thiophene rings is 1. The quantitative estimate of drug-likeness (QED) is 0.726. The van der Waals surface area contributed by atoms with Gasteiger partial charge in [0.15, 0.2) is 0 Å². The fourth-order valence-electron chi connectivity index (χ4n) is 2.33. The summed E-state index contributed by atoms with van der Waals surface area (Å²) in [5, 5.41) is 16.9. The van der Waals surface area contributed by atoms with E-state index in [1.165, 1.54) is 11.3 Å². The number of rotatable bonds is 6. The van der Waals surface area contributed by atoms with Crippen molar-refractivity contribution in [2.75, 3.05) is 0 Å². The molecule has 3 rings (SSSR count). The summed E-state index contributed by atoms with van der Waals surface area (Å²) in [6.45, 7) is 6.01. The molecule has 130 valence electrons. The molecule has 0 bridgehead atoms. The molecule has 0 aliphatic rings. The molecule has 0 unspecified atom stereocenters. The number of amides is 1. The fraction of sp³-hybridized carbons (Fsp3) is 0.353. The van der Waals surface area contributed by atoms with Crippen LogP contribution in [-0.2, 0) is 0 Å². The van der Waals surface area contributed by atoms with Gasteiger partial charge in [-0.2, -0.15) is 10.1 Å². The maximum absolute atomic E-state index is 12.4. The van der Waals surface area contributed by atoms with Crippen LogP contribution in [0, 0.1) is 12.8 Å². The van der Waals surface area contributed by atoms with Crippen molar-refractivity contribution < 1.29 is 9.32 Å². The Labute approximate surface area is 149 Å². The van der Waals surface area contributed by atoms with Gasteiger partial charge in [-0.3, -0.25) is 4.79 Å². The van der Waals surface area contributed by atoms with E-state index < -0.39 is 0 Å². The SMILES string of the molecule is Cc1ccc(-c2noc([C@H](CC(C)C)NC(=O)c3cccs3)n2)nn1. The Bertz CT molecular complexity index is 827. The fourth-order valence-corrected chi connectivity index (χ4v) is 2.96. The summed E-state index contributed by atoms with van der Waals surface area (Å²) >= 11 is 1.39. The molecule has 3 aromatic rings. The van der Waals surface area contributed by atoms with Crippen LogP contribution in [0.25, 0.3) is 11.5 Å². The summed E-state index contributed by atoms with van der Waals surface area (Å²) in [6, 6.07) is 6.90. The number of aromatic nitrogens is 4. The second-order valence-electron chi connectivity index (χ2n) is 6.15. The number of carbonyl (C=O) groups excluding carboxylic acids is 1. The third kappa shape index (κ3) is 4.27. The largest absolute Gasteiger partial charge is 0.340 e. The lowest BCUT2D eigenvalue weighted by Crippen LogP contribution is -2.29. The molecule has 25 heavy (non-hydrogen) atoms. The minimum Gasteiger partial charge on any atom is -0.340 e. The van der Waals surface area contributed by atoms with Gasteiger partial charge < -0.3 is 9.84 Å². The van der Waals surface area contributed by atoms with E-state index in [-0.39, 0.29) is 11.9 Å². The average molecular weight is 357 g/mol. The van der Waals surface area contributed by atoms with Gasteiger partial charge in [-0.1, -0.05) is 25.1 Å². The van der Waals surface area contributed by atoms with Crippen LogP contribution in [0.15, 0.2) is 34.2 Å². The van der Waals surface area contributed by atoms with Gasteiger partial charge in [0.1, 0.15) is 11.7 Å². The van der Waals surface area contributed by atoms with Gasteiger partial charge >= 0.3 is 0 Å². The maximum Gasteiger partial charge on any atom is 0.261 e. The summed E-state index contributed by atoms with van der Waals surface area (Å²) in [5.74, 6) is 0.941. The number of hydrogen-bond acceptors (Lipinski definition) is 7. The molecule has 0 fully saturated rings. The molecule has 8 heteroatoms. The summed E-state index contributed by atoms with van der Waals surface area (Å²) in [6.07, 6.45) is 0.693. The van der Waals surface area contributed by atoms with Crippen molar-refractivity contribution >= 4 is 17.2 Å². The first kappa shape index (κ1) is 17.2. The predicted molar refractivity (Wildman–Crippen MR) is 94.0 cm³/mol. The third-order valence-corrected chi connectivity index (χ3v) is 4.39. The van der Waals surface area contributed by atoms with Gasteiger partial charge in [0, 0.05) is 0 Å². The number of nitrogens with zero attached hydrogens (tertiary/aromatic N) is 4. The van der Waals surface area contributed by atoms with Gasteiger partial charge in [0.25, 0.3) is 5.91 Å². The molecule has 0 spiro atoms. The predicted octanol–water partition coefficient (Wildman–Crippen LogP) is 3.41. The van der Waals surface area contributed by atoms with Crippen LogP contribution in [0.4, 0.5) is 0 Å². The van der Waals surface area contributed by atoms with Crippen LogP contribution < -0.4 is 5.32 Å². The number of nitrogens with one attached hydrogen (secondary N) is 1. The molecule has 1 N–H and O–H groups in total. The molecule has 0 aliphatic carbocycles. The van der Waals surface area contributed by atoms with E-state index in [1.807, 2.05) is 24.4 Å². The smallest absolute Gasteiger partial charge is 0.261 e. The van der Waals surface area contributed by atoms with Crippen LogP contribution in [-0.4, -0.2) is 26.2 Å². The molecule has 0 aliphatic heterocycles. The lowest BCUT2D eigenvalue weighted by Gasteiger charge is -2.16. The van der Waals surface area contributed by atoms with Crippen molar-refractivity contribution in [3.63, 3.8) is 0 Å². The Morgan fingerprint density at radius 2 is 2.12 bits per heavy atom. The summed E-state index contributed by atoms with van der Waals surface area (Å²) in [7, 11) is 0. The van der Waals surface area contributed by atoms with Gasteiger partial charge in [0.05, 0.1) is 10.6 Å². The van der Waals surface area contributed by atoms with Crippen LogP contribution in [0.1, 0.15) is 47.6 Å². The average Bonchev–Trinajstić information content (AvgIpc) is 3.26. The highest BCUT2D eigenvalue weighted by molar-refractivity contribution is 7.12. The van der Waals surface area contributed by atoms with E-state index in [1.54, 1.807) is 12.1 Å². The molecule has 0 saturated carbocycles. The first-order valence-electron chi connectivity index (χ1n) is 8.01. The van der Waals surface area contributed by atoms with Crippen molar-refractivity contribution in [3.05, 3.63) is 46.1 Å². The van der Waals surface area contributed by atoms with Crippen LogP contribution in [0.3, 0.4) is 0 Å². The zero-order chi connectivity index (χ0) is 17.8. The Kier molecular flexibility index (Phi) is 5.18. The van der Waals surface area contributed by atoms with Gasteiger partial charge in [0.2, 0.25) is 11.7 Å². The van der Waals surface area contributed by atoms with Crippen LogP contribution >= 0.6 is 11.3 Å². The van der Waals surface area contributed by atoms with Crippen molar-refractivity contribution in [3.8, 4) is 11.5 Å². The molecule has 1 amide bonds. The van der Waals surface area contributed by atoms with E-state index >= 15 is 0 Å². The summed E-state index contributed by atoms with van der Waals surface area (Å²) < 4.78 is 5.39. The highest BCUT2D eigenvalue weighted by atomic mass is 32.1. The molecular weight excluding hydrogens is 338 g/mol. The van der Waals surface area contributed by atoms with Gasteiger partial charge in [-0.25, -0.2) is 0 Å². The van der Waals surface area contributed by atoms with Crippen molar-refractivity contribution in [2.24, 2.45) is 5.92 Å². The van der Waals surface area contributed by atoms with Crippen LogP contribution in [0.2, 0.25) is 0 Å². The monoisotopic (exact) mass is 357 g/mol. The topological polar surface area (TPSA) is 93.8 Å². The second kappa shape index (κ2) is 7.52. The Balaban J connectivity index is 1.81. The zero-order valence-electron chi connectivity index (χ0n) is 14.3. The minimum atomic E-state index is -0.353. The molecule has 0 aromatic carbocycles. The van der Waals surface area contributed by atoms with Crippen molar-refractivity contribution in [2.45, 2.75) is 33.2 Å². The molecular formula is C17H19N5O2S. The number of aryl methyl sites for hydroxylation is 1. The number of carbonyl (C=O) groups is 1. The van der Waals surface area contributed by atoms with E-state index in [0.29, 0.717) is 34.6 Å². The normalized spacial score (nSPS) is 12.3. The Morgan fingerprint density at radius 1 is 1.28 bits per heavy atom. The van der Waals surface area contributed by atoms with E-state index in [9.17, 15) is 4.79 Å². The Hall–Kier alpha value is -2.61. The van der Waals surface area contributed by atoms with Crippen LogP contribution in [0.5, 0.6) is 0 Å². The lowest BCUT2D eigenvalue weighted by atomic mass is 10.0. The highest BCUT2D eigenvalue weighted by Gasteiger charge is 2.24. The highest BCUT2D eigenvalue weighted by Crippen LogP contribution is 2.23. The molecule has 7 nitrogen and oxygen atoms in total. The lowest BCUT2D eigenvalue weighted by molar-refractivity contribution is 0.0926. The van der Waals surface area contributed by atoms with E-state index in [4.69, 9.17) is 4.52 Å². The first-order chi connectivity index (χ1) is 12.0. The van der Waals surface area contributed by atoms with Crippen molar-refractivity contribution in [1.82, 2.24) is 25.7 Å². The second-order valence-corrected chi connectivity index (χ2v) is 7.10. The molecule has 1 atom stereocenters. The maximum atomic E-state index is 12.4. The minimum absolute atomic E-state index is 0.143. The Morgan fingerprint density at radius 3 is 2.76 bits per heavy atom. The standard InChI is InChI=1S/C17H19N5O2S/c1-10(2)9-13(18-16(23)14-5-4-8-25-14)17-19-15(22-24-17)12-7-6-11(3)20-21-12/h4-8,10,13H,9H2,1-3H3,(H,18,23)/t13-/m0/s1. The zero-order valence-corrected chi connectivity index (χ0v) is 15.1. The third-order valence-electron chi connectivity index (χ3n) is 3.52. The van der Waals surface area contributed by atoms with E-state index in [2.05, 4.69) is 39.5 Å². The molecule has 0 saturated heterocycles. The molecule has 3 heterocycles. The molecule has 3 aromatic heterocycles. The summed E-state index contributed by atoms with van der Waals surface area (Å²) in [5.41, 5.74) is 1.35. The van der Waals surface area contributed by atoms with E-state index in [0.717, 1.165) is 5.69 Å².